The number of amides is 1. The maximum Gasteiger partial charge on any atom is 0.258 e. The van der Waals surface area contributed by atoms with Crippen molar-refractivity contribution < 1.29 is 9.32 Å². The van der Waals surface area contributed by atoms with Gasteiger partial charge in [0, 0.05) is 28.5 Å². The van der Waals surface area contributed by atoms with E-state index in [1.807, 2.05) is 46.0 Å². The molecule has 28 heavy (non-hydrogen) atoms. The topological polar surface area (TPSA) is 63.6 Å². The second-order valence-corrected chi connectivity index (χ2v) is 8.27. The fraction of sp³-hybridized carbons (Fsp3) is 0.190. The van der Waals surface area contributed by atoms with E-state index in [0.29, 0.717) is 22.9 Å². The van der Waals surface area contributed by atoms with Crippen molar-refractivity contribution >= 4 is 38.5 Å². The lowest BCUT2D eigenvalue weighted by Gasteiger charge is -2.23. The minimum absolute atomic E-state index is 0.0262. The Bertz CT molecular complexity index is 1300. The fourth-order valence-electron chi connectivity index (χ4n) is 4.27. The summed E-state index contributed by atoms with van der Waals surface area (Å²) in [6.45, 7) is 0. The Balaban J connectivity index is 1.42. The van der Waals surface area contributed by atoms with Crippen LogP contribution in [0, 0.1) is 0 Å². The summed E-state index contributed by atoms with van der Waals surface area (Å²) in [6, 6.07) is 9.76. The van der Waals surface area contributed by atoms with Gasteiger partial charge in [-0.25, -0.2) is 4.98 Å². The lowest BCUT2D eigenvalue weighted by molar-refractivity contribution is 0.0781. The minimum atomic E-state index is 0.0262. The first-order chi connectivity index (χ1) is 13.7. The van der Waals surface area contributed by atoms with Crippen molar-refractivity contribution in [2.75, 3.05) is 0 Å². The third kappa shape index (κ3) is 2.29. The van der Waals surface area contributed by atoms with Gasteiger partial charge in [0.05, 0.1) is 17.3 Å². The molecular weight excluding hydrogens is 420 g/mol. The number of rotatable bonds is 2. The molecule has 0 N–H and O–H groups in total. The molecule has 2 bridgehead atoms. The van der Waals surface area contributed by atoms with Gasteiger partial charge in [0.1, 0.15) is 11.3 Å². The first kappa shape index (κ1) is 16.1. The van der Waals surface area contributed by atoms with Crippen molar-refractivity contribution in [2.45, 2.75) is 25.3 Å². The summed E-state index contributed by atoms with van der Waals surface area (Å²) >= 11 is 3.50. The zero-order valence-corrected chi connectivity index (χ0v) is 16.4. The van der Waals surface area contributed by atoms with E-state index in [9.17, 15) is 4.79 Å². The molecule has 0 radical (unpaired) electrons. The molecule has 4 heterocycles. The summed E-state index contributed by atoms with van der Waals surface area (Å²) in [4.78, 5) is 19.2. The highest BCUT2D eigenvalue weighted by molar-refractivity contribution is 9.10. The number of pyridine rings is 1. The average Bonchev–Trinajstić information content (AvgIpc) is 3.48. The van der Waals surface area contributed by atoms with Crippen molar-refractivity contribution in [1.82, 2.24) is 19.4 Å². The molecule has 3 aromatic heterocycles. The predicted molar refractivity (Wildman–Crippen MR) is 108 cm³/mol. The fourth-order valence-corrected chi connectivity index (χ4v) is 4.61. The van der Waals surface area contributed by atoms with Crippen LogP contribution in [0.5, 0.6) is 0 Å². The van der Waals surface area contributed by atoms with Gasteiger partial charge in [-0.1, -0.05) is 10.7 Å². The molecule has 1 aromatic carbocycles. The second kappa shape index (κ2) is 5.78. The van der Waals surface area contributed by atoms with Crippen molar-refractivity contribution in [3.8, 4) is 11.4 Å². The van der Waals surface area contributed by atoms with E-state index >= 15 is 0 Å². The van der Waals surface area contributed by atoms with E-state index in [4.69, 9.17) is 4.52 Å². The van der Waals surface area contributed by atoms with Crippen LogP contribution in [0.4, 0.5) is 0 Å². The van der Waals surface area contributed by atoms with Crippen LogP contribution in [-0.4, -0.2) is 31.4 Å². The Kier molecular flexibility index (Phi) is 3.32. The van der Waals surface area contributed by atoms with Gasteiger partial charge in [-0.15, -0.1) is 0 Å². The molecule has 1 atom stereocenters. The Morgan fingerprint density at radius 2 is 2.18 bits per heavy atom. The standard InChI is InChI=1S/C21H15BrN4O2/c22-14-3-6-19-23-9-17(26(19)11-14)20-16-5-2-13(8-18(16)28-24-20)21(27)25-10-12-1-4-15(25)7-12/h2-3,5-6,8-11,15H,1,4,7H2. The number of hydrogen-bond acceptors (Lipinski definition) is 4. The number of fused-ring (bicyclic) bond motifs is 4. The molecule has 1 aliphatic carbocycles. The molecule has 6 nitrogen and oxygen atoms in total. The Hall–Kier alpha value is -2.93. The van der Waals surface area contributed by atoms with Gasteiger partial charge in [-0.05, 0) is 65.5 Å². The lowest BCUT2D eigenvalue weighted by atomic mass is 10.1. The normalized spacial score (nSPS) is 18.4. The number of hydrogen-bond donors (Lipinski definition) is 0. The second-order valence-electron chi connectivity index (χ2n) is 7.36. The van der Waals surface area contributed by atoms with Gasteiger partial charge in [0.15, 0.2) is 5.58 Å². The molecule has 1 unspecified atom stereocenters. The summed E-state index contributed by atoms with van der Waals surface area (Å²) < 4.78 is 8.50. The molecule has 7 heteroatoms. The van der Waals surface area contributed by atoms with Crippen molar-refractivity contribution in [3.05, 3.63) is 64.5 Å². The van der Waals surface area contributed by atoms with E-state index in [1.165, 1.54) is 5.57 Å². The molecule has 2 aliphatic rings. The van der Waals surface area contributed by atoms with Crippen LogP contribution in [0.3, 0.4) is 0 Å². The van der Waals surface area contributed by atoms with Crippen molar-refractivity contribution in [1.29, 1.82) is 0 Å². The first-order valence-corrected chi connectivity index (χ1v) is 10.0. The number of imidazole rings is 1. The minimum Gasteiger partial charge on any atom is -0.356 e. The molecule has 6 rings (SSSR count). The van der Waals surface area contributed by atoms with E-state index in [-0.39, 0.29) is 5.91 Å². The SMILES string of the molecule is O=C(c1ccc2c(-c3cnc4ccc(Br)cn34)noc2c1)N1C=C2CCC1C2. The Morgan fingerprint density at radius 1 is 1.25 bits per heavy atom. The maximum absolute atomic E-state index is 12.9. The largest absolute Gasteiger partial charge is 0.356 e. The van der Waals surface area contributed by atoms with Crippen LogP contribution in [0.2, 0.25) is 0 Å². The molecular formula is C21H15BrN4O2. The highest BCUT2D eigenvalue weighted by atomic mass is 79.9. The molecule has 1 fully saturated rings. The van der Waals surface area contributed by atoms with E-state index in [2.05, 4.69) is 26.1 Å². The van der Waals surface area contributed by atoms with Gasteiger partial charge in [-0.2, -0.15) is 0 Å². The highest BCUT2D eigenvalue weighted by Gasteiger charge is 2.34. The molecule has 1 saturated carbocycles. The summed E-state index contributed by atoms with van der Waals surface area (Å²) in [5.41, 5.74) is 4.99. The van der Waals surface area contributed by atoms with Gasteiger partial charge in [-0.3, -0.25) is 9.20 Å². The van der Waals surface area contributed by atoms with Crippen LogP contribution in [0.15, 0.2) is 63.5 Å². The van der Waals surface area contributed by atoms with Crippen molar-refractivity contribution in [2.24, 2.45) is 0 Å². The first-order valence-electron chi connectivity index (χ1n) is 9.22. The molecule has 1 aliphatic heterocycles. The predicted octanol–water partition coefficient (Wildman–Crippen LogP) is 4.80. The Labute approximate surface area is 168 Å². The summed E-state index contributed by atoms with van der Waals surface area (Å²) in [5, 5.41) is 5.13. The van der Waals surface area contributed by atoms with Gasteiger partial charge in [0.25, 0.3) is 5.91 Å². The smallest absolute Gasteiger partial charge is 0.258 e. The molecule has 1 amide bonds. The van der Waals surface area contributed by atoms with Crippen LogP contribution in [0.1, 0.15) is 29.6 Å². The number of benzene rings is 1. The zero-order valence-electron chi connectivity index (χ0n) is 14.8. The number of nitrogens with zero attached hydrogens (tertiary/aromatic N) is 4. The van der Waals surface area contributed by atoms with Crippen LogP contribution < -0.4 is 0 Å². The Morgan fingerprint density at radius 3 is 3.00 bits per heavy atom. The number of carbonyl (C=O) groups excluding carboxylic acids is 1. The highest BCUT2D eigenvalue weighted by Crippen LogP contribution is 2.37. The molecule has 0 saturated heterocycles. The monoisotopic (exact) mass is 434 g/mol. The summed E-state index contributed by atoms with van der Waals surface area (Å²) in [7, 11) is 0. The summed E-state index contributed by atoms with van der Waals surface area (Å²) in [5.74, 6) is 0.0262. The van der Waals surface area contributed by atoms with E-state index < -0.39 is 0 Å². The van der Waals surface area contributed by atoms with Gasteiger partial charge < -0.3 is 9.42 Å². The number of halogens is 1. The number of carbonyl (C=O) groups is 1. The quantitative estimate of drug-likeness (QED) is 0.454. The average molecular weight is 435 g/mol. The van der Waals surface area contributed by atoms with E-state index in [0.717, 1.165) is 40.5 Å². The summed E-state index contributed by atoms with van der Waals surface area (Å²) in [6.07, 6.45) is 8.95. The molecule has 4 aromatic rings. The zero-order chi connectivity index (χ0) is 18.8. The maximum atomic E-state index is 12.9. The molecule has 138 valence electrons. The third-order valence-electron chi connectivity index (χ3n) is 5.68. The van der Waals surface area contributed by atoms with Crippen LogP contribution >= 0.6 is 15.9 Å². The lowest BCUT2D eigenvalue weighted by Crippen LogP contribution is -2.32. The van der Waals surface area contributed by atoms with E-state index in [1.54, 1.807) is 12.3 Å². The third-order valence-corrected chi connectivity index (χ3v) is 6.15. The van der Waals surface area contributed by atoms with Gasteiger partial charge >= 0.3 is 0 Å². The number of aromatic nitrogens is 3. The van der Waals surface area contributed by atoms with Crippen molar-refractivity contribution in [3.63, 3.8) is 0 Å². The van der Waals surface area contributed by atoms with Gasteiger partial charge in [0.2, 0.25) is 0 Å². The molecule has 0 spiro atoms. The van der Waals surface area contributed by atoms with Crippen LogP contribution in [0.25, 0.3) is 28.0 Å². The van der Waals surface area contributed by atoms with Crippen LogP contribution in [-0.2, 0) is 0 Å².